The molecule has 5 rings (SSSR count). The normalized spacial score (nSPS) is 20.0. The van der Waals surface area contributed by atoms with Crippen molar-refractivity contribution in [2.24, 2.45) is 5.16 Å². The van der Waals surface area contributed by atoms with Gasteiger partial charge in [-0.05, 0) is 53.5 Å². The molecule has 150 valence electrons. The fourth-order valence-corrected chi connectivity index (χ4v) is 4.81. The molecule has 3 aromatic rings. The third-order valence-electron chi connectivity index (χ3n) is 5.65. The van der Waals surface area contributed by atoms with Gasteiger partial charge >= 0.3 is 0 Å². The van der Waals surface area contributed by atoms with E-state index in [1.165, 1.54) is 10.1 Å². The van der Waals surface area contributed by atoms with Crippen LogP contribution < -0.4 is 9.64 Å². The molecule has 0 spiro atoms. The largest absolute Gasteiger partial charge is 0.497 e. The molecule has 1 unspecified atom stereocenters. The average Bonchev–Trinajstić information content (AvgIpc) is 3.42. The zero-order chi connectivity index (χ0) is 19.6. The van der Waals surface area contributed by atoms with E-state index >= 15 is 0 Å². The molecule has 1 fully saturated rings. The Balaban J connectivity index is 1.15. The Labute approximate surface area is 174 Å². The molecule has 0 radical (unpaired) electrons. The average molecular weight is 409 g/mol. The topological polar surface area (TPSA) is 50.2 Å². The van der Waals surface area contributed by atoms with E-state index in [1.807, 2.05) is 24.3 Å². The van der Waals surface area contributed by atoms with E-state index in [9.17, 15) is 0 Å². The van der Waals surface area contributed by atoms with Crippen molar-refractivity contribution in [1.29, 1.82) is 0 Å². The van der Waals surface area contributed by atoms with Crippen LogP contribution >= 0.6 is 11.5 Å². The first kappa shape index (κ1) is 18.4. The standard InChI is InChI=1S/C22H24N4O2S/c1-27-17-8-6-16(7-9-17)20-14-18(28-23-20)15-25-10-12-26(13-11-25)22-19-4-2-3-5-21(19)29-24-22/h2-9,18H,10-15H2,1H3. The number of piperazine rings is 1. The van der Waals surface area contributed by atoms with Crippen LogP contribution in [0.2, 0.25) is 0 Å². The Morgan fingerprint density at radius 3 is 2.66 bits per heavy atom. The first-order valence-electron chi connectivity index (χ1n) is 9.99. The van der Waals surface area contributed by atoms with Gasteiger partial charge in [0.15, 0.2) is 0 Å². The summed E-state index contributed by atoms with van der Waals surface area (Å²) in [5, 5.41) is 5.59. The molecule has 1 aromatic heterocycles. The zero-order valence-corrected chi connectivity index (χ0v) is 17.3. The monoisotopic (exact) mass is 408 g/mol. The lowest BCUT2D eigenvalue weighted by molar-refractivity contribution is 0.0510. The summed E-state index contributed by atoms with van der Waals surface area (Å²) in [6.45, 7) is 4.93. The number of hydrogen-bond acceptors (Lipinski definition) is 7. The van der Waals surface area contributed by atoms with Crippen LogP contribution in [0.25, 0.3) is 10.1 Å². The Hall–Kier alpha value is -2.64. The van der Waals surface area contributed by atoms with Gasteiger partial charge < -0.3 is 14.5 Å². The van der Waals surface area contributed by atoms with Crippen LogP contribution in [0, 0.1) is 0 Å². The highest BCUT2D eigenvalue weighted by Crippen LogP contribution is 2.30. The summed E-state index contributed by atoms with van der Waals surface area (Å²) < 4.78 is 11.2. The number of oxime groups is 1. The van der Waals surface area contributed by atoms with E-state index in [4.69, 9.17) is 13.9 Å². The fraction of sp³-hybridized carbons (Fsp3) is 0.364. The van der Waals surface area contributed by atoms with Crippen LogP contribution in [-0.2, 0) is 4.84 Å². The molecule has 0 amide bonds. The van der Waals surface area contributed by atoms with Crippen molar-refractivity contribution < 1.29 is 9.57 Å². The van der Waals surface area contributed by atoms with Gasteiger partial charge in [0.1, 0.15) is 17.7 Å². The van der Waals surface area contributed by atoms with Gasteiger partial charge in [0.2, 0.25) is 0 Å². The van der Waals surface area contributed by atoms with E-state index in [1.54, 1.807) is 18.6 Å². The second kappa shape index (κ2) is 8.00. The number of aromatic nitrogens is 1. The molecule has 0 saturated carbocycles. The van der Waals surface area contributed by atoms with Gasteiger partial charge in [-0.1, -0.05) is 17.3 Å². The van der Waals surface area contributed by atoms with Crippen molar-refractivity contribution in [2.45, 2.75) is 12.5 Å². The predicted molar refractivity (Wildman–Crippen MR) is 117 cm³/mol. The van der Waals surface area contributed by atoms with Crippen LogP contribution in [0.5, 0.6) is 5.75 Å². The molecule has 1 saturated heterocycles. The number of ether oxygens (including phenoxy) is 1. The molecule has 3 heterocycles. The van der Waals surface area contributed by atoms with E-state index in [0.29, 0.717) is 0 Å². The first-order valence-corrected chi connectivity index (χ1v) is 10.8. The molecule has 0 aliphatic carbocycles. The maximum absolute atomic E-state index is 5.73. The van der Waals surface area contributed by atoms with E-state index < -0.39 is 0 Å². The van der Waals surface area contributed by atoms with Gasteiger partial charge in [-0.25, -0.2) is 0 Å². The van der Waals surface area contributed by atoms with Gasteiger partial charge in [-0.15, -0.1) is 0 Å². The molecule has 2 aliphatic rings. The van der Waals surface area contributed by atoms with Gasteiger partial charge in [0.25, 0.3) is 0 Å². The summed E-state index contributed by atoms with van der Waals surface area (Å²) in [5.74, 6) is 1.99. The molecule has 0 bridgehead atoms. The van der Waals surface area contributed by atoms with E-state index in [0.717, 1.165) is 62.0 Å². The van der Waals surface area contributed by atoms with Gasteiger partial charge in [-0.3, -0.25) is 4.90 Å². The predicted octanol–water partition coefficient (Wildman–Crippen LogP) is 3.62. The third kappa shape index (κ3) is 3.80. The number of methoxy groups -OCH3 is 1. The Morgan fingerprint density at radius 1 is 1.07 bits per heavy atom. The second-order valence-electron chi connectivity index (χ2n) is 7.49. The smallest absolute Gasteiger partial charge is 0.150 e. The van der Waals surface area contributed by atoms with Crippen molar-refractivity contribution >= 4 is 33.1 Å². The lowest BCUT2D eigenvalue weighted by Crippen LogP contribution is -2.48. The van der Waals surface area contributed by atoms with Crippen LogP contribution in [-0.4, -0.2) is 60.9 Å². The molecule has 2 aromatic carbocycles. The summed E-state index contributed by atoms with van der Waals surface area (Å²) in [6, 6.07) is 16.5. The van der Waals surface area contributed by atoms with Crippen molar-refractivity contribution in [2.75, 3.05) is 44.7 Å². The molecular formula is C22H24N4O2S. The summed E-state index contributed by atoms with van der Waals surface area (Å²) >= 11 is 1.59. The van der Waals surface area contributed by atoms with Gasteiger partial charge in [-0.2, -0.15) is 4.37 Å². The maximum atomic E-state index is 5.73. The molecule has 0 N–H and O–H groups in total. The Kier molecular flexibility index (Phi) is 5.08. The fourth-order valence-electron chi connectivity index (χ4n) is 4.01. The number of rotatable bonds is 5. The van der Waals surface area contributed by atoms with Crippen molar-refractivity contribution in [1.82, 2.24) is 9.27 Å². The number of benzene rings is 2. The summed E-state index contributed by atoms with van der Waals surface area (Å²) in [5.41, 5.74) is 2.12. The molecule has 29 heavy (non-hydrogen) atoms. The maximum Gasteiger partial charge on any atom is 0.150 e. The van der Waals surface area contributed by atoms with Gasteiger partial charge in [0.05, 0.1) is 17.5 Å². The zero-order valence-electron chi connectivity index (χ0n) is 16.5. The van der Waals surface area contributed by atoms with Crippen molar-refractivity contribution in [3.8, 4) is 5.75 Å². The minimum atomic E-state index is 0.124. The minimum Gasteiger partial charge on any atom is -0.497 e. The molecule has 7 heteroatoms. The Bertz CT molecular complexity index is 1010. The highest BCUT2D eigenvalue weighted by atomic mass is 32.1. The highest BCUT2D eigenvalue weighted by molar-refractivity contribution is 7.13. The number of anilines is 1. The first-order chi connectivity index (χ1) is 14.3. The molecular weight excluding hydrogens is 384 g/mol. The molecule has 1 atom stereocenters. The number of nitrogens with zero attached hydrogens (tertiary/aromatic N) is 4. The molecule has 6 nitrogen and oxygen atoms in total. The van der Waals surface area contributed by atoms with Crippen LogP contribution in [0.15, 0.2) is 53.7 Å². The van der Waals surface area contributed by atoms with Crippen LogP contribution in [0.3, 0.4) is 0 Å². The van der Waals surface area contributed by atoms with Gasteiger partial charge in [0, 0.05) is 44.5 Å². The summed E-state index contributed by atoms with van der Waals surface area (Å²) in [4.78, 5) is 10.6. The quantitative estimate of drug-likeness (QED) is 0.645. The van der Waals surface area contributed by atoms with E-state index in [2.05, 4.69) is 39.2 Å². The number of fused-ring (bicyclic) bond motifs is 1. The van der Waals surface area contributed by atoms with E-state index in [-0.39, 0.29) is 6.10 Å². The lowest BCUT2D eigenvalue weighted by atomic mass is 10.0. The molecule has 2 aliphatic heterocycles. The lowest BCUT2D eigenvalue weighted by Gasteiger charge is -2.35. The number of hydrogen-bond donors (Lipinski definition) is 0. The third-order valence-corrected chi connectivity index (χ3v) is 6.47. The SMILES string of the molecule is COc1ccc(C2=NOC(CN3CCN(c4nsc5ccccc45)CC3)C2)cc1. The summed E-state index contributed by atoms with van der Waals surface area (Å²) in [7, 11) is 1.68. The van der Waals surface area contributed by atoms with Crippen LogP contribution in [0.1, 0.15) is 12.0 Å². The minimum absolute atomic E-state index is 0.124. The van der Waals surface area contributed by atoms with Crippen molar-refractivity contribution in [3.63, 3.8) is 0 Å². The van der Waals surface area contributed by atoms with Crippen LogP contribution in [0.4, 0.5) is 5.82 Å². The second-order valence-corrected chi connectivity index (χ2v) is 8.29. The van der Waals surface area contributed by atoms with Crippen molar-refractivity contribution in [3.05, 3.63) is 54.1 Å². The Morgan fingerprint density at radius 2 is 1.86 bits per heavy atom. The summed E-state index contributed by atoms with van der Waals surface area (Å²) in [6.07, 6.45) is 0.974. The highest BCUT2D eigenvalue weighted by Gasteiger charge is 2.27.